The molecular formula is C27H23N5O3. The fourth-order valence-electron chi connectivity index (χ4n) is 5.27. The number of hydrogen-bond donors (Lipinski definition) is 1. The van der Waals surface area contributed by atoms with Gasteiger partial charge in [0.25, 0.3) is 0 Å². The number of nitrogen functional groups attached to an aromatic ring is 1. The minimum atomic E-state index is -0.759. The fourth-order valence-corrected chi connectivity index (χ4v) is 5.27. The molecule has 2 aromatic carbocycles. The summed E-state index contributed by atoms with van der Waals surface area (Å²) in [5.41, 5.74) is 9.42. The Morgan fingerprint density at radius 1 is 1.03 bits per heavy atom. The number of pyridine rings is 2. The Balaban J connectivity index is 1.44. The Hall–Kier alpha value is -4.46. The van der Waals surface area contributed by atoms with Gasteiger partial charge >= 0.3 is 6.09 Å². The Morgan fingerprint density at radius 3 is 2.57 bits per heavy atom. The molecule has 8 heteroatoms. The summed E-state index contributed by atoms with van der Waals surface area (Å²) in [4.78, 5) is 38.3. The van der Waals surface area contributed by atoms with E-state index in [9.17, 15) is 9.59 Å². The lowest BCUT2D eigenvalue weighted by Crippen LogP contribution is -2.65. The van der Waals surface area contributed by atoms with E-state index in [1.165, 1.54) is 7.11 Å². The lowest BCUT2D eigenvalue weighted by atomic mass is 9.75. The van der Waals surface area contributed by atoms with Crippen LogP contribution in [0, 0.1) is 0 Å². The molecule has 0 aliphatic carbocycles. The van der Waals surface area contributed by atoms with Crippen molar-refractivity contribution < 1.29 is 14.3 Å². The van der Waals surface area contributed by atoms with Crippen molar-refractivity contribution in [3.05, 3.63) is 84.3 Å². The smallest absolute Gasteiger partial charge is 0.409 e. The second kappa shape index (κ2) is 7.80. The second-order valence-electron chi connectivity index (χ2n) is 8.96. The first-order valence-electron chi connectivity index (χ1n) is 11.3. The molecule has 35 heavy (non-hydrogen) atoms. The molecule has 1 saturated heterocycles. The zero-order valence-electron chi connectivity index (χ0n) is 19.1. The van der Waals surface area contributed by atoms with Crippen LogP contribution in [0.1, 0.15) is 11.3 Å². The van der Waals surface area contributed by atoms with Gasteiger partial charge in [-0.2, -0.15) is 0 Å². The Kier molecular flexibility index (Phi) is 4.70. The number of aromatic nitrogens is 2. The van der Waals surface area contributed by atoms with Crippen LogP contribution in [0.5, 0.6) is 0 Å². The monoisotopic (exact) mass is 465 g/mol. The highest BCUT2D eigenvalue weighted by Crippen LogP contribution is 2.48. The van der Waals surface area contributed by atoms with Crippen LogP contribution in [0.3, 0.4) is 0 Å². The minimum absolute atomic E-state index is 0.0322. The van der Waals surface area contributed by atoms with Gasteiger partial charge in [-0.05, 0) is 29.1 Å². The standard InChI is InChI=1S/C27H23N5O3/c1-35-26(34)31-15-27(16-31)20-8-4-5-9-22(20)32(25(27)33)14-21-24(18-10-11-23(28)30-13-18)19-7-3-2-6-17(19)12-29-21/h2-13H,14-16H2,1H3,(H2,28,30). The normalized spacial score (nSPS) is 15.9. The average molecular weight is 466 g/mol. The predicted molar refractivity (Wildman–Crippen MR) is 133 cm³/mol. The van der Waals surface area contributed by atoms with Crippen molar-refractivity contribution in [3.8, 4) is 11.1 Å². The lowest BCUT2D eigenvalue weighted by molar-refractivity contribution is -0.128. The first kappa shape index (κ1) is 21.1. The first-order chi connectivity index (χ1) is 17.0. The first-order valence-corrected chi connectivity index (χ1v) is 11.3. The van der Waals surface area contributed by atoms with Crippen LogP contribution in [0.15, 0.2) is 73.1 Å². The molecule has 2 N–H and O–H groups in total. The molecule has 4 heterocycles. The van der Waals surface area contributed by atoms with Gasteiger partial charge in [0, 0.05) is 47.7 Å². The lowest BCUT2D eigenvalue weighted by Gasteiger charge is -2.45. The number of nitrogens with zero attached hydrogens (tertiary/aromatic N) is 4. The van der Waals surface area contributed by atoms with E-state index < -0.39 is 11.5 Å². The molecule has 6 rings (SSSR count). The van der Waals surface area contributed by atoms with Crippen molar-refractivity contribution in [3.63, 3.8) is 0 Å². The third-order valence-electron chi connectivity index (χ3n) is 6.98. The average Bonchev–Trinajstić information content (AvgIpc) is 3.11. The van der Waals surface area contributed by atoms with Crippen LogP contribution in [0.2, 0.25) is 0 Å². The highest BCUT2D eigenvalue weighted by atomic mass is 16.5. The van der Waals surface area contributed by atoms with Crippen molar-refractivity contribution >= 4 is 34.3 Å². The summed E-state index contributed by atoms with van der Waals surface area (Å²) >= 11 is 0. The van der Waals surface area contributed by atoms with Crippen LogP contribution >= 0.6 is 0 Å². The SMILES string of the molecule is COC(=O)N1CC2(C1)C(=O)N(Cc1ncc3ccccc3c1-c1ccc(N)nc1)c1ccccc12. The molecule has 0 radical (unpaired) electrons. The maximum Gasteiger partial charge on any atom is 0.409 e. The van der Waals surface area contributed by atoms with E-state index in [1.807, 2.05) is 60.8 Å². The molecule has 2 aliphatic rings. The number of hydrogen-bond acceptors (Lipinski definition) is 6. The number of fused-ring (bicyclic) bond motifs is 3. The van der Waals surface area contributed by atoms with Gasteiger partial charge in [0.15, 0.2) is 0 Å². The summed E-state index contributed by atoms with van der Waals surface area (Å²) in [6, 6.07) is 19.5. The fraction of sp³-hybridized carbons (Fsp3) is 0.185. The van der Waals surface area contributed by atoms with Crippen LogP contribution in [-0.2, 0) is 21.5 Å². The number of amides is 2. The molecule has 2 aliphatic heterocycles. The van der Waals surface area contributed by atoms with Gasteiger partial charge in [-0.3, -0.25) is 9.78 Å². The summed E-state index contributed by atoms with van der Waals surface area (Å²) < 4.78 is 4.85. The van der Waals surface area contributed by atoms with Crippen molar-refractivity contribution in [1.82, 2.24) is 14.9 Å². The molecule has 0 saturated carbocycles. The van der Waals surface area contributed by atoms with Crippen molar-refractivity contribution in [2.24, 2.45) is 0 Å². The van der Waals surface area contributed by atoms with E-state index in [0.29, 0.717) is 25.5 Å². The highest BCUT2D eigenvalue weighted by Gasteiger charge is 2.59. The van der Waals surface area contributed by atoms with Crippen molar-refractivity contribution in [2.45, 2.75) is 12.0 Å². The molecule has 2 aromatic heterocycles. The number of para-hydroxylation sites is 1. The van der Waals surface area contributed by atoms with E-state index in [-0.39, 0.29) is 5.91 Å². The summed E-state index contributed by atoms with van der Waals surface area (Å²) in [6.07, 6.45) is 3.15. The molecule has 0 atom stereocenters. The number of carbonyl (C=O) groups excluding carboxylic acids is 2. The molecule has 2 amide bonds. The van der Waals surface area contributed by atoms with E-state index >= 15 is 0 Å². The number of ether oxygens (including phenoxy) is 1. The van der Waals surface area contributed by atoms with Gasteiger partial charge in [-0.25, -0.2) is 9.78 Å². The number of methoxy groups -OCH3 is 1. The Bertz CT molecular complexity index is 1480. The quantitative estimate of drug-likeness (QED) is 0.495. The van der Waals surface area contributed by atoms with E-state index in [4.69, 9.17) is 15.5 Å². The third-order valence-corrected chi connectivity index (χ3v) is 6.98. The Labute approximate surface area is 202 Å². The van der Waals surface area contributed by atoms with E-state index in [0.717, 1.165) is 38.8 Å². The summed E-state index contributed by atoms with van der Waals surface area (Å²) in [6.45, 7) is 0.887. The zero-order valence-corrected chi connectivity index (χ0v) is 19.1. The molecule has 1 spiro atoms. The third kappa shape index (κ3) is 3.13. The van der Waals surface area contributed by atoms with Gasteiger partial charge in [0.05, 0.1) is 19.3 Å². The van der Waals surface area contributed by atoms with Gasteiger partial charge in [-0.15, -0.1) is 0 Å². The second-order valence-corrected chi connectivity index (χ2v) is 8.96. The van der Waals surface area contributed by atoms with Crippen molar-refractivity contribution in [1.29, 1.82) is 0 Å². The molecule has 8 nitrogen and oxygen atoms in total. The van der Waals surface area contributed by atoms with Gasteiger partial charge in [-0.1, -0.05) is 42.5 Å². The highest BCUT2D eigenvalue weighted by molar-refractivity contribution is 6.10. The Morgan fingerprint density at radius 2 is 1.80 bits per heavy atom. The van der Waals surface area contributed by atoms with Crippen LogP contribution in [-0.4, -0.2) is 47.1 Å². The van der Waals surface area contributed by atoms with Crippen molar-refractivity contribution in [2.75, 3.05) is 30.8 Å². The maximum atomic E-state index is 13.9. The number of nitrogens with two attached hydrogens (primary N) is 1. The molecule has 0 unspecified atom stereocenters. The predicted octanol–water partition coefficient (Wildman–Crippen LogP) is 3.75. The topological polar surface area (TPSA) is 102 Å². The molecule has 0 bridgehead atoms. The largest absolute Gasteiger partial charge is 0.453 e. The van der Waals surface area contributed by atoms with E-state index in [2.05, 4.69) is 4.98 Å². The number of rotatable bonds is 3. The zero-order chi connectivity index (χ0) is 24.2. The summed E-state index contributed by atoms with van der Waals surface area (Å²) in [7, 11) is 1.35. The van der Waals surface area contributed by atoms with Crippen LogP contribution in [0.25, 0.3) is 21.9 Å². The molecular weight excluding hydrogens is 442 g/mol. The van der Waals surface area contributed by atoms with Crippen LogP contribution in [0.4, 0.5) is 16.3 Å². The number of benzene rings is 2. The molecule has 174 valence electrons. The van der Waals surface area contributed by atoms with Gasteiger partial charge in [0.1, 0.15) is 11.2 Å². The van der Waals surface area contributed by atoms with Gasteiger partial charge < -0.3 is 20.3 Å². The number of carbonyl (C=O) groups is 2. The summed E-state index contributed by atoms with van der Waals surface area (Å²) in [5.74, 6) is 0.407. The maximum absolute atomic E-state index is 13.9. The van der Waals surface area contributed by atoms with Crippen LogP contribution < -0.4 is 10.6 Å². The van der Waals surface area contributed by atoms with Gasteiger partial charge in [0.2, 0.25) is 5.91 Å². The number of likely N-dealkylation sites (tertiary alicyclic amines) is 1. The molecule has 1 fully saturated rings. The van der Waals surface area contributed by atoms with E-state index in [1.54, 1.807) is 22.1 Å². The molecule has 4 aromatic rings. The minimum Gasteiger partial charge on any atom is -0.453 e. The summed E-state index contributed by atoms with van der Waals surface area (Å²) in [5, 5.41) is 2.03. The number of anilines is 2.